The third-order valence-corrected chi connectivity index (χ3v) is 3.14. The van der Waals surface area contributed by atoms with Crippen LogP contribution in [0.25, 0.3) is 0 Å². The molecule has 0 atom stereocenters. The molecule has 2 rings (SSSR count). The highest BCUT2D eigenvalue weighted by molar-refractivity contribution is 6.34. The largest absolute Gasteiger partial charge is 0.382 e. The lowest BCUT2D eigenvalue weighted by atomic mass is 10.1. The van der Waals surface area contributed by atoms with E-state index in [1.807, 2.05) is 19.1 Å². The minimum atomic E-state index is -0.0726. The Morgan fingerprint density at radius 1 is 1.59 bits per heavy atom. The first-order valence-corrected chi connectivity index (χ1v) is 6.05. The zero-order valence-corrected chi connectivity index (χ0v) is 10.5. The molecule has 1 amide bonds. The molecule has 0 unspecified atom stereocenters. The molecule has 0 fully saturated rings. The molecular weight excluding hydrogens is 238 g/mol. The molecule has 5 heteroatoms. The first-order valence-electron chi connectivity index (χ1n) is 5.68. The Morgan fingerprint density at radius 2 is 2.35 bits per heavy atom. The third kappa shape index (κ3) is 2.37. The summed E-state index contributed by atoms with van der Waals surface area (Å²) in [6.45, 7) is 3.47. The SMILES string of the molecule is Cc1cc(Cl)c2c(c1)N(C(=O)CN)CCCN2. The molecule has 0 saturated heterocycles. The van der Waals surface area contributed by atoms with Gasteiger partial charge in [-0.2, -0.15) is 0 Å². The molecule has 3 N–H and O–H groups in total. The van der Waals surface area contributed by atoms with Crippen molar-refractivity contribution in [3.05, 3.63) is 22.7 Å². The topological polar surface area (TPSA) is 58.4 Å². The second kappa shape index (κ2) is 4.94. The number of nitrogens with zero attached hydrogens (tertiary/aromatic N) is 1. The minimum Gasteiger partial charge on any atom is -0.382 e. The number of amides is 1. The predicted octanol–water partition coefficient (Wildman–Crippen LogP) is 1.76. The summed E-state index contributed by atoms with van der Waals surface area (Å²) in [5, 5.41) is 3.91. The van der Waals surface area contributed by atoms with Gasteiger partial charge in [-0.25, -0.2) is 0 Å². The number of halogens is 1. The summed E-state index contributed by atoms with van der Waals surface area (Å²) >= 11 is 6.20. The average Bonchev–Trinajstić information content (AvgIpc) is 2.50. The molecule has 1 aliphatic heterocycles. The van der Waals surface area contributed by atoms with Gasteiger partial charge in [0.1, 0.15) is 0 Å². The Morgan fingerprint density at radius 3 is 3.06 bits per heavy atom. The zero-order valence-electron chi connectivity index (χ0n) is 9.79. The summed E-state index contributed by atoms with van der Waals surface area (Å²) in [5.41, 5.74) is 8.14. The van der Waals surface area contributed by atoms with Crippen LogP contribution in [0.1, 0.15) is 12.0 Å². The highest BCUT2D eigenvalue weighted by Crippen LogP contribution is 2.36. The fraction of sp³-hybridized carbons (Fsp3) is 0.417. The zero-order chi connectivity index (χ0) is 12.4. The smallest absolute Gasteiger partial charge is 0.240 e. The normalized spacial score (nSPS) is 14.9. The second-order valence-electron chi connectivity index (χ2n) is 4.17. The molecule has 1 aromatic rings. The highest BCUT2D eigenvalue weighted by atomic mass is 35.5. The van der Waals surface area contributed by atoms with Crippen molar-refractivity contribution in [2.45, 2.75) is 13.3 Å². The van der Waals surface area contributed by atoms with Gasteiger partial charge in [0.15, 0.2) is 0 Å². The number of rotatable bonds is 1. The van der Waals surface area contributed by atoms with Crippen molar-refractivity contribution in [2.75, 3.05) is 29.9 Å². The van der Waals surface area contributed by atoms with Crippen molar-refractivity contribution in [2.24, 2.45) is 5.73 Å². The number of aryl methyl sites for hydroxylation is 1. The van der Waals surface area contributed by atoms with E-state index in [9.17, 15) is 4.79 Å². The molecule has 0 aliphatic carbocycles. The van der Waals surface area contributed by atoms with Gasteiger partial charge in [-0.3, -0.25) is 4.79 Å². The number of nitrogens with one attached hydrogen (secondary N) is 1. The molecule has 1 heterocycles. The number of fused-ring (bicyclic) bond motifs is 1. The summed E-state index contributed by atoms with van der Waals surface area (Å²) < 4.78 is 0. The maximum atomic E-state index is 11.8. The molecule has 0 saturated carbocycles. The van der Waals surface area contributed by atoms with Gasteiger partial charge in [-0.15, -0.1) is 0 Å². The van der Waals surface area contributed by atoms with Crippen LogP contribution in [0.5, 0.6) is 0 Å². The maximum Gasteiger partial charge on any atom is 0.240 e. The second-order valence-corrected chi connectivity index (χ2v) is 4.58. The molecule has 0 bridgehead atoms. The number of anilines is 2. The molecule has 17 heavy (non-hydrogen) atoms. The van der Waals surface area contributed by atoms with Crippen molar-refractivity contribution < 1.29 is 4.79 Å². The molecule has 1 aliphatic rings. The molecular formula is C12H16ClN3O. The fourth-order valence-electron chi connectivity index (χ4n) is 2.05. The Hall–Kier alpha value is -1.26. The monoisotopic (exact) mass is 253 g/mol. The third-order valence-electron chi connectivity index (χ3n) is 2.84. The van der Waals surface area contributed by atoms with Crippen LogP contribution in [0.15, 0.2) is 12.1 Å². The van der Waals surface area contributed by atoms with Gasteiger partial charge in [0.05, 0.1) is 22.9 Å². The average molecular weight is 254 g/mol. The van der Waals surface area contributed by atoms with Crippen LogP contribution in [0, 0.1) is 6.92 Å². The van der Waals surface area contributed by atoms with Crippen LogP contribution < -0.4 is 16.0 Å². The number of carbonyl (C=O) groups is 1. The first-order chi connectivity index (χ1) is 8.13. The number of hydrogen-bond acceptors (Lipinski definition) is 3. The molecule has 0 aromatic heterocycles. The standard InChI is InChI=1S/C12H16ClN3O/c1-8-5-9(13)12-10(6-8)16(11(17)7-14)4-2-3-15-12/h5-6,15H,2-4,7,14H2,1H3. The quantitative estimate of drug-likeness (QED) is 0.802. The van der Waals surface area contributed by atoms with Crippen LogP contribution in [0.3, 0.4) is 0 Å². The van der Waals surface area contributed by atoms with Gasteiger partial charge >= 0.3 is 0 Å². The molecule has 4 nitrogen and oxygen atoms in total. The fourth-order valence-corrected chi connectivity index (χ4v) is 2.39. The van der Waals surface area contributed by atoms with Crippen LogP contribution in [-0.2, 0) is 4.79 Å². The predicted molar refractivity (Wildman–Crippen MR) is 70.7 cm³/mol. The van der Waals surface area contributed by atoms with E-state index in [-0.39, 0.29) is 12.5 Å². The van der Waals surface area contributed by atoms with Crippen molar-refractivity contribution in [1.82, 2.24) is 0 Å². The number of hydrogen-bond donors (Lipinski definition) is 2. The Labute approximate surface area is 106 Å². The van der Waals surface area contributed by atoms with Crippen molar-refractivity contribution >= 4 is 28.9 Å². The maximum absolute atomic E-state index is 11.8. The van der Waals surface area contributed by atoms with Crippen LogP contribution in [0.2, 0.25) is 5.02 Å². The Kier molecular flexibility index (Phi) is 3.54. The summed E-state index contributed by atoms with van der Waals surface area (Å²) in [6, 6.07) is 3.86. The molecule has 0 radical (unpaired) electrons. The van der Waals surface area contributed by atoms with Gasteiger partial charge in [0.25, 0.3) is 0 Å². The molecule has 92 valence electrons. The first kappa shape index (κ1) is 12.2. The van der Waals surface area contributed by atoms with E-state index in [4.69, 9.17) is 17.3 Å². The van der Waals surface area contributed by atoms with E-state index in [1.165, 1.54) is 0 Å². The van der Waals surface area contributed by atoms with Crippen molar-refractivity contribution in [1.29, 1.82) is 0 Å². The number of nitrogens with two attached hydrogens (primary N) is 1. The van der Waals surface area contributed by atoms with E-state index in [0.29, 0.717) is 11.6 Å². The lowest BCUT2D eigenvalue weighted by Gasteiger charge is -2.22. The Balaban J connectivity index is 2.51. The molecule has 1 aromatic carbocycles. The van der Waals surface area contributed by atoms with Crippen LogP contribution in [0.4, 0.5) is 11.4 Å². The van der Waals surface area contributed by atoms with Gasteiger partial charge in [-0.1, -0.05) is 11.6 Å². The van der Waals surface area contributed by atoms with Gasteiger partial charge in [0.2, 0.25) is 5.91 Å². The van der Waals surface area contributed by atoms with Crippen molar-refractivity contribution in [3.63, 3.8) is 0 Å². The van der Waals surface area contributed by atoms with Crippen molar-refractivity contribution in [3.8, 4) is 0 Å². The van der Waals surface area contributed by atoms with Gasteiger partial charge < -0.3 is 16.0 Å². The summed E-state index contributed by atoms with van der Waals surface area (Å²) in [5.74, 6) is -0.0726. The van der Waals surface area contributed by atoms with E-state index in [0.717, 1.165) is 29.9 Å². The Bertz CT molecular complexity index is 448. The van der Waals surface area contributed by atoms with Crippen LogP contribution >= 0.6 is 11.6 Å². The van der Waals surface area contributed by atoms with Gasteiger partial charge in [-0.05, 0) is 31.0 Å². The van der Waals surface area contributed by atoms with E-state index in [1.54, 1.807) is 4.90 Å². The van der Waals surface area contributed by atoms with Crippen LogP contribution in [-0.4, -0.2) is 25.5 Å². The lowest BCUT2D eigenvalue weighted by Crippen LogP contribution is -2.36. The van der Waals surface area contributed by atoms with E-state index < -0.39 is 0 Å². The number of carbonyl (C=O) groups excluding carboxylic acids is 1. The lowest BCUT2D eigenvalue weighted by molar-refractivity contribution is -0.117. The highest BCUT2D eigenvalue weighted by Gasteiger charge is 2.21. The number of benzene rings is 1. The van der Waals surface area contributed by atoms with Gasteiger partial charge in [0, 0.05) is 13.1 Å². The summed E-state index contributed by atoms with van der Waals surface area (Å²) in [7, 11) is 0. The summed E-state index contributed by atoms with van der Waals surface area (Å²) in [4.78, 5) is 13.6. The summed E-state index contributed by atoms with van der Waals surface area (Å²) in [6.07, 6.45) is 0.885. The van der Waals surface area contributed by atoms with E-state index in [2.05, 4.69) is 5.32 Å². The minimum absolute atomic E-state index is 0.0189. The molecule has 0 spiro atoms. The van der Waals surface area contributed by atoms with E-state index >= 15 is 0 Å².